The van der Waals surface area contributed by atoms with Crippen molar-refractivity contribution in [3.63, 3.8) is 0 Å². The van der Waals surface area contributed by atoms with E-state index >= 15 is 0 Å². The SMILES string of the molecule is Nc1ccc2c(c1)ncn2Cc1cccnn1. The van der Waals surface area contributed by atoms with Crippen molar-refractivity contribution in [2.45, 2.75) is 6.54 Å². The summed E-state index contributed by atoms with van der Waals surface area (Å²) in [6.07, 6.45) is 3.45. The fourth-order valence-electron chi connectivity index (χ4n) is 1.80. The molecule has 17 heavy (non-hydrogen) atoms. The lowest BCUT2D eigenvalue weighted by molar-refractivity contribution is 0.772. The minimum Gasteiger partial charge on any atom is -0.399 e. The Morgan fingerprint density at radius 1 is 1.24 bits per heavy atom. The Labute approximate surface area is 97.9 Å². The maximum Gasteiger partial charge on any atom is 0.0962 e. The number of hydrogen-bond donors (Lipinski definition) is 1. The van der Waals surface area contributed by atoms with Crippen LogP contribution in [0.1, 0.15) is 5.69 Å². The molecule has 0 spiro atoms. The van der Waals surface area contributed by atoms with Gasteiger partial charge in [-0.1, -0.05) is 0 Å². The average Bonchev–Trinajstić information content (AvgIpc) is 2.73. The first-order chi connectivity index (χ1) is 8.33. The van der Waals surface area contributed by atoms with Crippen LogP contribution in [0.25, 0.3) is 11.0 Å². The van der Waals surface area contributed by atoms with E-state index in [9.17, 15) is 0 Å². The van der Waals surface area contributed by atoms with Crippen molar-refractivity contribution in [3.05, 3.63) is 48.5 Å². The number of nitrogen functional groups attached to an aromatic ring is 1. The molecule has 0 aliphatic carbocycles. The summed E-state index contributed by atoms with van der Waals surface area (Å²) in [5.41, 5.74) is 9.29. The molecule has 1 aromatic carbocycles. The Bertz CT molecular complexity index is 644. The van der Waals surface area contributed by atoms with Gasteiger partial charge in [-0.3, -0.25) is 0 Å². The highest BCUT2D eigenvalue weighted by Crippen LogP contribution is 2.16. The van der Waals surface area contributed by atoms with Crippen LogP contribution in [0, 0.1) is 0 Å². The van der Waals surface area contributed by atoms with Gasteiger partial charge in [0.25, 0.3) is 0 Å². The van der Waals surface area contributed by atoms with Gasteiger partial charge in [-0.25, -0.2) is 4.98 Å². The van der Waals surface area contributed by atoms with Gasteiger partial charge >= 0.3 is 0 Å². The predicted octanol–water partition coefficient (Wildman–Crippen LogP) is 1.46. The molecule has 2 aromatic heterocycles. The van der Waals surface area contributed by atoms with Gasteiger partial charge in [-0.15, -0.1) is 0 Å². The van der Waals surface area contributed by atoms with Crippen molar-refractivity contribution in [1.82, 2.24) is 19.7 Å². The van der Waals surface area contributed by atoms with Crippen molar-refractivity contribution < 1.29 is 0 Å². The number of rotatable bonds is 2. The minimum atomic E-state index is 0.661. The summed E-state index contributed by atoms with van der Waals surface area (Å²) in [7, 11) is 0. The predicted molar refractivity (Wildman–Crippen MR) is 65.3 cm³/mol. The van der Waals surface area contributed by atoms with E-state index in [-0.39, 0.29) is 0 Å². The molecule has 5 nitrogen and oxygen atoms in total. The third-order valence-electron chi connectivity index (χ3n) is 2.60. The molecule has 0 amide bonds. The summed E-state index contributed by atoms with van der Waals surface area (Å²) in [5.74, 6) is 0. The third-order valence-corrected chi connectivity index (χ3v) is 2.60. The third kappa shape index (κ3) is 1.82. The van der Waals surface area contributed by atoms with Crippen molar-refractivity contribution in [2.75, 3.05) is 5.73 Å². The van der Waals surface area contributed by atoms with Gasteiger partial charge in [0.1, 0.15) is 0 Å². The normalized spacial score (nSPS) is 10.8. The van der Waals surface area contributed by atoms with E-state index < -0.39 is 0 Å². The van der Waals surface area contributed by atoms with Crippen LogP contribution in [0.15, 0.2) is 42.9 Å². The van der Waals surface area contributed by atoms with Gasteiger partial charge in [-0.2, -0.15) is 10.2 Å². The van der Waals surface area contributed by atoms with E-state index in [0.29, 0.717) is 6.54 Å². The molecule has 2 heterocycles. The number of fused-ring (bicyclic) bond motifs is 1. The van der Waals surface area contributed by atoms with Gasteiger partial charge in [0, 0.05) is 11.9 Å². The number of hydrogen-bond acceptors (Lipinski definition) is 4. The Kier molecular flexibility index (Phi) is 2.22. The maximum absolute atomic E-state index is 5.71. The number of anilines is 1. The summed E-state index contributed by atoms with van der Waals surface area (Å²) in [4.78, 5) is 4.31. The highest BCUT2D eigenvalue weighted by atomic mass is 15.1. The van der Waals surface area contributed by atoms with Crippen LogP contribution in [-0.2, 0) is 6.54 Å². The molecule has 2 N–H and O–H groups in total. The van der Waals surface area contributed by atoms with Crippen molar-refractivity contribution in [1.29, 1.82) is 0 Å². The Hall–Kier alpha value is -2.43. The first-order valence-electron chi connectivity index (χ1n) is 5.30. The zero-order chi connectivity index (χ0) is 11.7. The number of nitrogens with two attached hydrogens (primary N) is 1. The standard InChI is InChI=1S/C12H11N5/c13-9-3-4-12-11(6-9)14-8-17(12)7-10-2-1-5-15-16-10/h1-6,8H,7,13H2. The Morgan fingerprint density at radius 2 is 2.18 bits per heavy atom. The number of aromatic nitrogens is 4. The maximum atomic E-state index is 5.71. The van der Waals surface area contributed by atoms with E-state index in [1.54, 1.807) is 12.5 Å². The van der Waals surface area contributed by atoms with Gasteiger partial charge in [0.2, 0.25) is 0 Å². The summed E-state index contributed by atoms with van der Waals surface area (Å²) in [6.45, 7) is 0.661. The van der Waals surface area contributed by atoms with Crippen LogP contribution in [0.5, 0.6) is 0 Å². The molecule has 0 fully saturated rings. The Balaban J connectivity index is 2.01. The molecule has 84 valence electrons. The van der Waals surface area contributed by atoms with E-state index in [2.05, 4.69) is 15.2 Å². The molecule has 0 saturated heterocycles. The van der Waals surface area contributed by atoms with Gasteiger partial charge in [-0.05, 0) is 30.3 Å². The average molecular weight is 225 g/mol. The fourth-order valence-corrected chi connectivity index (χ4v) is 1.80. The minimum absolute atomic E-state index is 0.661. The lowest BCUT2D eigenvalue weighted by Crippen LogP contribution is -2.01. The second-order valence-corrected chi connectivity index (χ2v) is 3.84. The van der Waals surface area contributed by atoms with Crippen LogP contribution in [0.2, 0.25) is 0 Å². The van der Waals surface area contributed by atoms with Crippen molar-refractivity contribution in [2.24, 2.45) is 0 Å². The van der Waals surface area contributed by atoms with Gasteiger partial charge in [0.05, 0.1) is 29.6 Å². The second kappa shape index (κ2) is 3.86. The Morgan fingerprint density at radius 3 is 3.00 bits per heavy atom. The number of benzene rings is 1. The van der Waals surface area contributed by atoms with Crippen molar-refractivity contribution >= 4 is 16.7 Å². The number of imidazole rings is 1. The monoisotopic (exact) mass is 225 g/mol. The van der Waals surface area contributed by atoms with E-state index in [1.165, 1.54) is 0 Å². The molecule has 0 aliphatic rings. The van der Waals surface area contributed by atoms with Gasteiger partial charge in [0.15, 0.2) is 0 Å². The molecule has 0 radical (unpaired) electrons. The smallest absolute Gasteiger partial charge is 0.0962 e. The van der Waals surface area contributed by atoms with Crippen LogP contribution < -0.4 is 5.73 Å². The topological polar surface area (TPSA) is 69.6 Å². The summed E-state index contributed by atoms with van der Waals surface area (Å²) < 4.78 is 2.03. The van der Waals surface area contributed by atoms with Crippen LogP contribution in [0.3, 0.4) is 0 Å². The van der Waals surface area contributed by atoms with E-state index in [0.717, 1.165) is 22.4 Å². The van der Waals surface area contributed by atoms with Crippen LogP contribution in [-0.4, -0.2) is 19.7 Å². The largest absolute Gasteiger partial charge is 0.399 e. The zero-order valence-corrected chi connectivity index (χ0v) is 9.11. The van der Waals surface area contributed by atoms with E-state index in [1.807, 2.05) is 34.9 Å². The molecule has 0 atom stereocenters. The molecule has 5 heteroatoms. The number of nitrogens with zero attached hydrogens (tertiary/aromatic N) is 4. The highest BCUT2D eigenvalue weighted by Gasteiger charge is 2.03. The van der Waals surface area contributed by atoms with Gasteiger partial charge < -0.3 is 10.3 Å². The quantitative estimate of drug-likeness (QED) is 0.670. The second-order valence-electron chi connectivity index (χ2n) is 3.84. The lowest BCUT2D eigenvalue weighted by atomic mass is 10.3. The summed E-state index contributed by atoms with van der Waals surface area (Å²) in [5, 5.41) is 7.91. The zero-order valence-electron chi connectivity index (χ0n) is 9.11. The molecule has 0 bridgehead atoms. The van der Waals surface area contributed by atoms with Crippen LogP contribution >= 0.6 is 0 Å². The fraction of sp³-hybridized carbons (Fsp3) is 0.0833. The molecular formula is C12H11N5. The van der Waals surface area contributed by atoms with E-state index in [4.69, 9.17) is 5.73 Å². The first-order valence-corrected chi connectivity index (χ1v) is 5.30. The lowest BCUT2D eigenvalue weighted by Gasteiger charge is -2.02. The first kappa shape index (κ1) is 9.77. The molecule has 3 rings (SSSR count). The molecule has 0 aliphatic heterocycles. The summed E-state index contributed by atoms with van der Waals surface area (Å²) in [6, 6.07) is 9.52. The molecule has 3 aromatic rings. The molecule has 0 unspecified atom stereocenters. The van der Waals surface area contributed by atoms with Crippen molar-refractivity contribution in [3.8, 4) is 0 Å². The highest BCUT2D eigenvalue weighted by molar-refractivity contribution is 5.78. The molecular weight excluding hydrogens is 214 g/mol. The molecule has 0 saturated carbocycles. The van der Waals surface area contributed by atoms with Crippen LogP contribution in [0.4, 0.5) is 5.69 Å². The summed E-state index contributed by atoms with van der Waals surface area (Å²) >= 11 is 0.